The third-order valence-electron chi connectivity index (χ3n) is 4.99. The van der Waals surface area contributed by atoms with Gasteiger partial charge in [0.2, 0.25) is 20.9 Å². The van der Waals surface area contributed by atoms with Crippen LogP contribution in [0.4, 0.5) is 5.69 Å². The van der Waals surface area contributed by atoms with Crippen LogP contribution < -0.4 is 14.8 Å². The minimum atomic E-state index is -3.66. The van der Waals surface area contributed by atoms with Crippen LogP contribution in [0, 0.1) is 6.92 Å². The first-order chi connectivity index (χ1) is 15.8. The Morgan fingerprint density at radius 3 is 2.42 bits per heavy atom. The summed E-state index contributed by atoms with van der Waals surface area (Å²) in [6, 6.07) is 13.6. The van der Waals surface area contributed by atoms with Crippen LogP contribution in [0.15, 0.2) is 53.4 Å². The van der Waals surface area contributed by atoms with Crippen molar-refractivity contribution >= 4 is 37.9 Å². The Bertz CT molecular complexity index is 1390. The van der Waals surface area contributed by atoms with E-state index in [-0.39, 0.29) is 17.3 Å². The first kappa shape index (κ1) is 22.9. The number of benzene rings is 2. The lowest BCUT2D eigenvalue weighted by molar-refractivity contribution is -0.114. The molecule has 172 valence electrons. The van der Waals surface area contributed by atoms with Crippen molar-refractivity contribution in [1.82, 2.24) is 19.3 Å². The van der Waals surface area contributed by atoms with E-state index in [0.29, 0.717) is 17.9 Å². The second-order valence-electron chi connectivity index (χ2n) is 7.32. The zero-order chi connectivity index (χ0) is 23.6. The molecule has 11 heteroatoms. The van der Waals surface area contributed by atoms with Crippen LogP contribution in [0.1, 0.15) is 17.5 Å². The predicted octanol–water partition coefficient (Wildman–Crippen LogP) is 3.25. The molecule has 0 bridgehead atoms. The van der Waals surface area contributed by atoms with Crippen molar-refractivity contribution in [3.8, 4) is 17.1 Å². The normalized spacial score (nSPS) is 11.6. The van der Waals surface area contributed by atoms with Gasteiger partial charge in [-0.2, -0.15) is 4.98 Å². The molecule has 0 aliphatic carbocycles. The Labute approximate surface area is 195 Å². The molecule has 33 heavy (non-hydrogen) atoms. The zero-order valence-corrected chi connectivity index (χ0v) is 20.0. The molecule has 4 aromatic rings. The standard InChI is InChI=1S/C22H23N5O4S2/c1-14-20(12-13-23-33(29,30)19-10-6-17(7-11-19)24-15(2)28)32-22-25-21(26-27(14)22)16-4-8-18(31-3)9-5-16/h4-11,23H,12-13H2,1-3H3,(H,24,28). The van der Waals surface area contributed by atoms with Gasteiger partial charge in [-0.25, -0.2) is 17.7 Å². The molecule has 0 fully saturated rings. The van der Waals surface area contributed by atoms with Gasteiger partial charge in [-0.3, -0.25) is 4.79 Å². The second-order valence-corrected chi connectivity index (χ2v) is 10.2. The van der Waals surface area contributed by atoms with Gasteiger partial charge in [-0.1, -0.05) is 11.3 Å². The number of aryl methyl sites for hydroxylation is 1. The third-order valence-corrected chi connectivity index (χ3v) is 7.66. The third kappa shape index (κ3) is 5.05. The minimum Gasteiger partial charge on any atom is -0.497 e. The quantitative estimate of drug-likeness (QED) is 0.396. The molecule has 0 saturated carbocycles. The van der Waals surface area contributed by atoms with Gasteiger partial charge < -0.3 is 10.1 Å². The number of aromatic nitrogens is 3. The number of hydrogen-bond donors (Lipinski definition) is 2. The summed E-state index contributed by atoms with van der Waals surface area (Å²) in [6.45, 7) is 3.58. The number of anilines is 1. The SMILES string of the molecule is COc1ccc(-c2nc3sc(CCNS(=O)(=O)c4ccc(NC(C)=O)cc4)c(C)n3n2)cc1. The molecule has 2 aromatic carbocycles. The molecule has 0 aliphatic heterocycles. The number of ether oxygens (including phenoxy) is 1. The molecule has 0 saturated heterocycles. The maximum absolute atomic E-state index is 12.6. The first-order valence-electron chi connectivity index (χ1n) is 10.1. The van der Waals surface area contributed by atoms with Gasteiger partial charge in [-0.05, 0) is 61.9 Å². The average molecular weight is 486 g/mol. The van der Waals surface area contributed by atoms with Crippen molar-refractivity contribution in [1.29, 1.82) is 0 Å². The Morgan fingerprint density at radius 1 is 1.12 bits per heavy atom. The van der Waals surface area contributed by atoms with Crippen LogP contribution >= 0.6 is 11.3 Å². The number of carbonyl (C=O) groups excluding carboxylic acids is 1. The number of carbonyl (C=O) groups is 1. The van der Waals surface area contributed by atoms with Crippen LogP contribution in [-0.2, 0) is 21.2 Å². The molecule has 1 amide bonds. The molecule has 9 nitrogen and oxygen atoms in total. The van der Waals surface area contributed by atoms with Crippen LogP contribution in [-0.4, -0.2) is 42.6 Å². The van der Waals surface area contributed by atoms with Crippen LogP contribution in [0.3, 0.4) is 0 Å². The molecule has 2 aromatic heterocycles. The lowest BCUT2D eigenvalue weighted by Gasteiger charge is -2.08. The number of nitrogens with one attached hydrogen (secondary N) is 2. The molecule has 0 atom stereocenters. The minimum absolute atomic E-state index is 0.139. The highest BCUT2D eigenvalue weighted by atomic mass is 32.2. The number of hydrogen-bond acceptors (Lipinski definition) is 7. The van der Waals surface area contributed by atoms with Crippen molar-refractivity contribution in [2.45, 2.75) is 25.2 Å². The lowest BCUT2D eigenvalue weighted by atomic mass is 10.2. The van der Waals surface area contributed by atoms with Crippen molar-refractivity contribution in [3.05, 3.63) is 59.1 Å². The average Bonchev–Trinajstić information content (AvgIpc) is 3.33. The van der Waals surface area contributed by atoms with Gasteiger partial charge in [0.05, 0.1) is 17.7 Å². The molecule has 4 rings (SSSR count). The highest BCUT2D eigenvalue weighted by molar-refractivity contribution is 7.89. The Balaban J connectivity index is 1.42. The summed E-state index contributed by atoms with van der Waals surface area (Å²) in [5, 5.41) is 7.21. The van der Waals surface area contributed by atoms with Crippen molar-refractivity contribution in [2.24, 2.45) is 0 Å². The summed E-state index contributed by atoms with van der Waals surface area (Å²) in [5.74, 6) is 1.18. The fourth-order valence-electron chi connectivity index (χ4n) is 3.28. The summed E-state index contributed by atoms with van der Waals surface area (Å²) in [6.07, 6.45) is 0.516. The van der Waals surface area contributed by atoms with Gasteiger partial charge in [0.1, 0.15) is 5.75 Å². The molecule has 2 N–H and O–H groups in total. The van der Waals surface area contributed by atoms with Gasteiger partial charge in [0, 0.05) is 29.6 Å². The molecule has 0 aliphatic rings. The number of amides is 1. The van der Waals surface area contributed by atoms with E-state index < -0.39 is 10.0 Å². The number of thiazole rings is 1. The first-order valence-corrected chi connectivity index (χ1v) is 12.4. The largest absolute Gasteiger partial charge is 0.497 e. The van der Waals surface area contributed by atoms with Crippen LogP contribution in [0.25, 0.3) is 16.3 Å². The fraction of sp³-hybridized carbons (Fsp3) is 0.227. The molecule has 0 unspecified atom stereocenters. The number of sulfonamides is 1. The maximum atomic E-state index is 12.6. The number of nitrogens with zero attached hydrogens (tertiary/aromatic N) is 3. The molecule has 2 heterocycles. The topological polar surface area (TPSA) is 115 Å². The van der Waals surface area contributed by atoms with Crippen molar-refractivity contribution in [2.75, 3.05) is 19.0 Å². The summed E-state index contributed by atoms with van der Waals surface area (Å²) >= 11 is 1.49. The summed E-state index contributed by atoms with van der Waals surface area (Å²) in [5.41, 5.74) is 2.37. The zero-order valence-electron chi connectivity index (χ0n) is 18.3. The van der Waals surface area contributed by atoms with Crippen LogP contribution in [0.5, 0.6) is 5.75 Å². The van der Waals surface area contributed by atoms with E-state index in [1.807, 2.05) is 31.2 Å². The van der Waals surface area contributed by atoms with E-state index in [4.69, 9.17) is 4.74 Å². The maximum Gasteiger partial charge on any atom is 0.240 e. The Morgan fingerprint density at radius 2 is 1.82 bits per heavy atom. The van der Waals surface area contributed by atoms with Gasteiger partial charge in [-0.15, -0.1) is 5.10 Å². The van der Waals surface area contributed by atoms with Crippen LogP contribution in [0.2, 0.25) is 0 Å². The molecular formula is C22H23N5O4S2. The van der Waals surface area contributed by atoms with Crippen molar-refractivity contribution in [3.63, 3.8) is 0 Å². The monoisotopic (exact) mass is 485 g/mol. The smallest absolute Gasteiger partial charge is 0.240 e. The number of rotatable bonds is 8. The van der Waals surface area contributed by atoms with Crippen molar-refractivity contribution < 1.29 is 17.9 Å². The summed E-state index contributed by atoms with van der Waals surface area (Å²) < 4.78 is 34.7. The van der Waals surface area contributed by atoms with E-state index >= 15 is 0 Å². The predicted molar refractivity (Wildman–Crippen MR) is 127 cm³/mol. The van der Waals surface area contributed by atoms with E-state index in [1.165, 1.54) is 30.4 Å². The molecule has 0 spiro atoms. The fourth-order valence-corrected chi connectivity index (χ4v) is 5.37. The molecule has 0 radical (unpaired) electrons. The highest BCUT2D eigenvalue weighted by Gasteiger charge is 2.17. The lowest BCUT2D eigenvalue weighted by Crippen LogP contribution is -2.26. The number of fused-ring (bicyclic) bond motifs is 1. The Kier molecular flexibility index (Phi) is 6.45. The highest BCUT2D eigenvalue weighted by Crippen LogP contribution is 2.26. The summed E-state index contributed by atoms with van der Waals surface area (Å²) in [7, 11) is -2.04. The van der Waals surface area contributed by atoms with E-state index in [1.54, 1.807) is 23.8 Å². The van der Waals surface area contributed by atoms with Gasteiger partial charge in [0.25, 0.3) is 0 Å². The summed E-state index contributed by atoms with van der Waals surface area (Å²) in [4.78, 5) is 17.6. The van der Waals surface area contributed by atoms with E-state index in [9.17, 15) is 13.2 Å². The Hall–Kier alpha value is -3.28. The van der Waals surface area contributed by atoms with Gasteiger partial charge >= 0.3 is 0 Å². The van der Waals surface area contributed by atoms with E-state index in [2.05, 4.69) is 20.1 Å². The molecular weight excluding hydrogens is 462 g/mol. The second kappa shape index (κ2) is 9.30. The van der Waals surface area contributed by atoms with Gasteiger partial charge in [0.15, 0.2) is 5.82 Å². The number of methoxy groups -OCH3 is 1. The van der Waals surface area contributed by atoms with E-state index in [0.717, 1.165) is 26.8 Å².